The minimum absolute atomic E-state index is 0.167. The van der Waals surface area contributed by atoms with E-state index < -0.39 is 0 Å². The van der Waals surface area contributed by atoms with Crippen LogP contribution in [-0.2, 0) is 4.79 Å². The Labute approximate surface area is 85.4 Å². The van der Waals surface area contributed by atoms with Crippen LogP contribution in [0.3, 0.4) is 0 Å². The smallest absolute Gasteiger partial charge is 0.227 e. The Morgan fingerprint density at radius 3 is 2.79 bits per heavy atom. The molecule has 2 saturated carbocycles. The van der Waals surface area contributed by atoms with Crippen molar-refractivity contribution in [3.05, 3.63) is 0 Å². The van der Waals surface area contributed by atoms with Gasteiger partial charge in [0.2, 0.25) is 5.91 Å². The van der Waals surface area contributed by atoms with E-state index in [0.717, 1.165) is 18.8 Å². The number of hydrogen-bond donors (Lipinski definition) is 2. The van der Waals surface area contributed by atoms with Crippen molar-refractivity contribution < 1.29 is 4.79 Å². The van der Waals surface area contributed by atoms with Crippen molar-refractivity contribution >= 4 is 5.91 Å². The summed E-state index contributed by atoms with van der Waals surface area (Å²) in [6.45, 7) is 2.71. The van der Waals surface area contributed by atoms with Crippen molar-refractivity contribution in [3.8, 4) is 0 Å². The second-order valence-corrected chi connectivity index (χ2v) is 4.85. The van der Waals surface area contributed by atoms with Gasteiger partial charge in [-0.2, -0.15) is 0 Å². The molecule has 3 nitrogen and oxygen atoms in total. The highest BCUT2D eigenvalue weighted by Gasteiger charge is 2.50. The van der Waals surface area contributed by atoms with Crippen LogP contribution < -0.4 is 11.1 Å². The first kappa shape index (κ1) is 9.97. The molecule has 2 unspecified atom stereocenters. The van der Waals surface area contributed by atoms with Gasteiger partial charge in [-0.05, 0) is 31.6 Å². The molecule has 2 atom stereocenters. The third-order valence-electron chi connectivity index (χ3n) is 3.62. The monoisotopic (exact) mass is 196 g/mol. The SMILES string of the molecule is CCCC1CC1NC(=O)C1(CN)CC1. The predicted molar refractivity (Wildman–Crippen MR) is 55.7 cm³/mol. The van der Waals surface area contributed by atoms with Gasteiger partial charge in [0, 0.05) is 12.6 Å². The minimum Gasteiger partial charge on any atom is -0.353 e. The fourth-order valence-corrected chi connectivity index (χ4v) is 2.11. The number of hydrogen-bond acceptors (Lipinski definition) is 2. The molecule has 3 N–H and O–H groups in total. The molecule has 3 heteroatoms. The van der Waals surface area contributed by atoms with E-state index in [-0.39, 0.29) is 11.3 Å². The third kappa shape index (κ3) is 1.78. The lowest BCUT2D eigenvalue weighted by Gasteiger charge is -2.12. The Hall–Kier alpha value is -0.570. The molecule has 0 radical (unpaired) electrons. The molecule has 80 valence electrons. The molecular formula is C11H20N2O. The van der Waals surface area contributed by atoms with Crippen LogP contribution >= 0.6 is 0 Å². The van der Waals surface area contributed by atoms with E-state index in [4.69, 9.17) is 5.73 Å². The molecule has 14 heavy (non-hydrogen) atoms. The van der Waals surface area contributed by atoms with Crippen molar-refractivity contribution in [1.82, 2.24) is 5.32 Å². The van der Waals surface area contributed by atoms with Crippen LogP contribution in [0.5, 0.6) is 0 Å². The van der Waals surface area contributed by atoms with Gasteiger partial charge in [-0.25, -0.2) is 0 Å². The van der Waals surface area contributed by atoms with E-state index in [1.54, 1.807) is 0 Å². The van der Waals surface area contributed by atoms with Crippen LogP contribution in [0.15, 0.2) is 0 Å². The molecule has 0 saturated heterocycles. The molecule has 1 amide bonds. The molecule has 0 aromatic carbocycles. The second-order valence-electron chi connectivity index (χ2n) is 4.85. The molecule has 0 aliphatic heterocycles. The molecule has 0 aromatic rings. The molecule has 2 aliphatic carbocycles. The van der Waals surface area contributed by atoms with Gasteiger partial charge in [0.05, 0.1) is 5.41 Å². The van der Waals surface area contributed by atoms with Gasteiger partial charge in [0.25, 0.3) is 0 Å². The highest BCUT2D eigenvalue weighted by atomic mass is 16.2. The summed E-state index contributed by atoms with van der Waals surface area (Å²) in [4.78, 5) is 11.8. The zero-order chi connectivity index (χ0) is 10.2. The van der Waals surface area contributed by atoms with Gasteiger partial charge in [-0.3, -0.25) is 4.79 Å². The van der Waals surface area contributed by atoms with Gasteiger partial charge in [-0.15, -0.1) is 0 Å². The Morgan fingerprint density at radius 1 is 1.57 bits per heavy atom. The zero-order valence-electron chi connectivity index (χ0n) is 8.88. The molecule has 2 aliphatic rings. The van der Waals surface area contributed by atoms with E-state index in [1.807, 2.05) is 0 Å². The maximum atomic E-state index is 11.8. The van der Waals surface area contributed by atoms with Crippen LogP contribution in [0.25, 0.3) is 0 Å². The normalized spacial score (nSPS) is 32.4. The summed E-state index contributed by atoms with van der Waals surface area (Å²) in [5.41, 5.74) is 5.43. The van der Waals surface area contributed by atoms with E-state index in [1.165, 1.54) is 19.3 Å². The first-order chi connectivity index (χ1) is 6.72. The van der Waals surface area contributed by atoms with Gasteiger partial charge in [0.15, 0.2) is 0 Å². The molecule has 2 fully saturated rings. The molecule has 0 bridgehead atoms. The standard InChI is InChI=1S/C11H20N2O/c1-2-3-8-6-9(8)13-10(14)11(7-12)4-5-11/h8-9H,2-7,12H2,1H3,(H,13,14). The fraction of sp³-hybridized carbons (Fsp3) is 0.909. The number of amides is 1. The number of nitrogens with one attached hydrogen (secondary N) is 1. The number of carbonyl (C=O) groups excluding carboxylic acids is 1. The lowest BCUT2D eigenvalue weighted by atomic mass is 10.1. The summed E-state index contributed by atoms with van der Waals surface area (Å²) in [6.07, 6.45) is 5.63. The van der Waals surface area contributed by atoms with Crippen LogP contribution in [0.1, 0.15) is 39.0 Å². The maximum Gasteiger partial charge on any atom is 0.227 e. The van der Waals surface area contributed by atoms with Crippen LogP contribution in [-0.4, -0.2) is 18.5 Å². The number of carbonyl (C=O) groups is 1. The largest absolute Gasteiger partial charge is 0.353 e. The Balaban J connectivity index is 1.74. The summed E-state index contributed by atoms with van der Waals surface area (Å²) >= 11 is 0. The first-order valence-corrected chi connectivity index (χ1v) is 5.73. The fourth-order valence-electron chi connectivity index (χ4n) is 2.11. The van der Waals surface area contributed by atoms with Gasteiger partial charge in [-0.1, -0.05) is 13.3 Å². The topological polar surface area (TPSA) is 55.1 Å². The summed E-state index contributed by atoms with van der Waals surface area (Å²) in [5.74, 6) is 0.959. The Morgan fingerprint density at radius 2 is 2.29 bits per heavy atom. The average molecular weight is 196 g/mol. The van der Waals surface area contributed by atoms with Crippen molar-refractivity contribution in [2.75, 3.05) is 6.54 Å². The maximum absolute atomic E-state index is 11.8. The quantitative estimate of drug-likeness (QED) is 0.690. The van der Waals surface area contributed by atoms with E-state index in [0.29, 0.717) is 12.6 Å². The molecule has 0 heterocycles. The van der Waals surface area contributed by atoms with Crippen LogP contribution in [0.2, 0.25) is 0 Å². The van der Waals surface area contributed by atoms with Gasteiger partial charge >= 0.3 is 0 Å². The van der Waals surface area contributed by atoms with Crippen LogP contribution in [0, 0.1) is 11.3 Å². The molecule has 0 aromatic heterocycles. The Bertz CT molecular complexity index is 235. The van der Waals surface area contributed by atoms with E-state index in [2.05, 4.69) is 12.2 Å². The minimum atomic E-state index is -0.167. The molecule has 0 spiro atoms. The third-order valence-corrected chi connectivity index (χ3v) is 3.62. The van der Waals surface area contributed by atoms with Crippen molar-refractivity contribution in [3.63, 3.8) is 0 Å². The van der Waals surface area contributed by atoms with Crippen molar-refractivity contribution in [2.24, 2.45) is 17.1 Å². The van der Waals surface area contributed by atoms with Gasteiger partial charge in [0.1, 0.15) is 0 Å². The summed E-state index contributed by atoms with van der Waals surface area (Å²) in [7, 11) is 0. The van der Waals surface area contributed by atoms with Gasteiger partial charge < -0.3 is 11.1 Å². The summed E-state index contributed by atoms with van der Waals surface area (Å²) in [5, 5.41) is 3.12. The predicted octanol–water partition coefficient (Wildman–Crippen LogP) is 1.03. The lowest BCUT2D eigenvalue weighted by molar-refractivity contribution is -0.126. The van der Waals surface area contributed by atoms with Crippen molar-refractivity contribution in [1.29, 1.82) is 0 Å². The average Bonchev–Trinajstić information content (AvgIpc) is 3.02. The first-order valence-electron chi connectivity index (χ1n) is 5.73. The second kappa shape index (κ2) is 3.54. The zero-order valence-corrected chi connectivity index (χ0v) is 8.88. The summed E-state index contributed by atoms with van der Waals surface area (Å²) in [6, 6.07) is 0.464. The number of nitrogens with two attached hydrogens (primary N) is 1. The van der Waals surface area contributed by atoms with Crippen molar-refractivity contribution in [2.45, 2.75) is 45.1 Å². The summed E-state index contributed by atoms with van der Waals surface area (Å²) < 4.78 is 0. The molecular weight excluding hydrogens is 176 g/mol. The highest BCUT2D eigenvalue weighted by molar-refractivity contribution is 5.86. The van der Waals surface area contributed by atoms with Crippen LogP contribution in [0.4, 0.5) is 0 Å². The lowest BCUT2D eigenvalue weighted by Crippen LogP contribution is -2.38. The van der Waals surface area contributed by atoms with E-state index in [9.17, 15) is 4.79 Å². The highest BCUT2D eigenvalue weighted by Crippen LogP contribution is 2.46. The Kier molecular flexibility index (Phi) is 2.52. The molecule has 2 rings (SSSR count). The van der Waals surface area contributed by atoms with E-state index >= 15 is 0 Å². The number of rotatable bonds is 5.